The van der Waals surface area contributed by atoms with Crippen molar-refractivity contribution in [1.29, 1.82) is 0 Å². The minimum Gasteiger partial charge on any atom is -0.494 e. The van der Waals surface area contributed by atoms with E-state index in [4.69, 9.17) is 4.74 Å². The van der Waals surface area contributed by atoms with Gasteiger partial charge in [0.25, 0.3) is 0 Å². The average molecular weight is 365 g/mol. The van der Waals surface area contributed by atoms with Crippen LogP contribution in [-0.2, 0) is 17.9 Å². The predicted molar refractivity (Wildman–Crippen MR) is 102 cm³/mol. The summed E-state index contributed by atoms with van der Waals surface area (Å²) < 4.78 is 20.5. The van der Waals surface area contributed by atoms with Gasteiger partial charge in [-0.2, -0.15) is 0 Å². The fraction of sp³-hybridized carbons (Fsp3) is 0.143. The summed E-state index contributed by atoms with van der Waals surface area (Å²) in [5.74, 6) is -0.530. The molecule has 5 nitrogen and oxygen atoms in total. The minimum absolute atomic E-state index is 0.174. The Morgan fingerprint density at radius 1 is 1.22 bits per heavy atom. The van der Waals surface area contributed by atoms with Gasteiger partial charge in [-0.1, -0.05) is 30.3 Å². The number of benzene rings is 2. The monoisotopic (exact) mass is 365 g/mol. The molecule has 1 amide bonds. The van der Waals surface area contributed by atoms with Crippen molar-refractivity contribution in [2.45, 2.75) is 13.1 Å². The lowest BCUT2D eigenvalue weighted by Gasteiger charge is -2.06. The number of hydrogen-bond donors (Lipinski definition) is 1. The van der Waals surface area contributed by atoms with Crippen molar-refractivity contribution in [3.8, 4) is 5.75 Å². The van der Waals surface area contributed by atoms with E-state index in [-0.39, 0.29) is 11.7 Å². The molecule has 0 saturated carbocycles. The maximum absolute atomic E-state index is 13.6. The van der Waals surface area contributed by atoms with E-state index in [0.717, 1.165) is 17.7 Å². The van der Waals surface area contributed by atoms with Crippen LogP contribution in [0.4, 0.5) is 4.39 Å². The first kappa shape index (κ1) is 18.4. The summed E-state index contributed by atoms with van der Waals surface area (Å²) >= 11 is 0. The highest BCUT2D eigenvalue weighted by Crippen LogP contribution is 2.18. The van der Waals surface area contributed by atoms with Crippen LogP contribution in [0.25, 0.3) is 6.08 Å². The fourth-order valence-corrected chi connectivity index (χ4v) is 2.56. The summed E-state index contributed by atoms with van der Waals surface area (Å²) in [5, 5.41) is 2.81. The van der Waals surface area contributed by atoms with E-state index in [0.29, 0.717) is 12.1 Å². The molecule has 0 bridgehead atoms. The number of rotatable bonds is 7. The van der Waals surface area contributed by atoms with Gasteiger partial charge in [0.15, 0.2) is 11.6 Å². The topological polar surface area (TPSA) is 56.1 Å². The van der Waals surface area contributed by atoms with Crippen LogP contribution in [0, 0.1) is 5.82 Å². The molecule has 2 aromatic carbocycles. The third kappa shape index (κ3) is 5.28. The van der Waals surface area contributed by atoms with Crippen molar-refractivity contribution >= 4 is 12.0 Å². The van der Waals surface area contributed by atoms with Crippen LogP contribution in [0.15, 0.2) is 67.3 Å². The highest BCUT2D eigenvalue weighted by molar-refractivity contribution is 5.91. The number of amides is 1. The van der Waals surface area contributed by atoms with Gasteiger partial charge >= 0.3 is 0 Å². The van der Waals surface area contributed by atoms with Crippen LogP contribution < -0.4 is 10.1 Å². The first-order chi connectivity index (χ1) is 13.1. The Morgan fingerprint density at radius 2 is 2.00 bits per heavy atom. The molecule has 6 heteroatoms. The number of carbonyl (C=O) groups excluding carboxylic acids is 1. The van der Waals surface area contributed by atoms with Crippen molar-refractivity contribution < 1.29 is 13.9 Å². The Kier molecular flexibility index (Phi) is 5.99. The SMILES string of the molecule is COc1ccc(/C=C/C(=O)NCc2ccc(Cn3ccnc3)cc2)cc1F. The number of carbonyl (C=O) groups is 1. The van der Waals surface area contributed by atoms with Crippen molar-refractivity contribution in [2.24, 2.45) is 0 Å². The van der Waals surface area contributed by atoms with Gasteiger partial charge in [-0.05, 0) is 34.9 Å². The van der Waals surface area contributed by atoms with Crippen LogP contribution in [0.3, 0.4) is 0 Å². The number of nitrogens with one attached hydrogen (secondary N) is 1. The lowest BCUT2D eigenvalue weighted by Crippen LogP contribution is -2.20. The van der Waals surface area contributed by atoms with Crippen LogP contribution in [0.5, 0.6) is 5.75 Å². The molecule has 138 valence electrons. The molecule has 0 aliphatic heterocycles. The molecule has 0 atom stereocenters. The summed E-state index contributed by atoms with van der Waals surface area (Å²) in [7, 11) is 1.41. The molecule has 3 aromatic rings. The summed E-state index contributed by atoms with van der Waals surface area (Å²) in [5.41, 5.74) is 2.75. The molecule has 1 aromatic heterocycles. The number of ether oxygens (including phenoxy) is 1. The number of nitrogens with zero attached hydrogens (tertiary/aromatic N) is 2. The molecule has 0 radical (unpaired) electrons. The molecule has 27 heavy (non-hydrogen) atoms. The van der Waals surface area contributed by atoms with Crippen molar-refractivity contribution in [3.05, 3.63) is 89.8 Å². The van der Waals surface area contributed by atoms with Gasteiger partial charge in [0.1, 0.15) is 0 Å². The third-order valence-electron chi connectivity index (χ3n) is 4.02. The first-order valence-electron chi connectivity index (χ1n) is 8.47. The summed E-state index contributed by atoms with van der Waals surface area (Å²) in [4.78, 5) is 16.0. The number of hydrogen-bond acceptors (Lipinski definition) is 3. The van der Waals surface area contributed by atoms with Crippen LogP contribution in [0.2, 0.25) is 0 Å². The first-order valence-corrected chi connectivity index (χ1v) is 8.47. The molecule has 1 N–H and O–H groups in total. The minimum atomic E-state index is -0.462. The smallest absolute Gasteiger partial charge is 0.244 e. The summed E-state index contributed by atoms with van der Waals surface area (Å²) in [6, 6.07) is 12.5. The quantitative estimate of drug-likeness (QED) is 0.653. The molecule has 0 unspecified atom stereocenters. The molecular weight excluding hydrogens is 345 g/mol. The molecule has 3 rings (SSSR count). The fourth-order valence-electron chi connectivity index (χ4n) is 2.56. The molecule has 0 aliphatic rings. The highest BCUT2D eigenvalue weighted by atomic mass is 19.1. The summed E-state index contributed by atoms with van der Waals surface area (Å²) in [6.45, 7) is 1.18. The highest BCUT2D eigenvalue weighted by Gasteiger charge is 2.02. The lowest BCUT2D eigenvalue weighted by atomic mass is 10.1. The van der Waals surface area contributed by atoms with E-state index in [1.165, 1.54) is 25.3 Å². The van der Waals surface area contributed by atoms with Gasteiger partial charge in [0, 0.05) is 31.6 Å². The number of methoxy groups -OCH3 is 1. The maximum atomic E-state index is 13.6. The third-order valence-corrected chi connectivity index (χ3v) is 4.02. The van der Waals surface area contributed by atoms with Gasteiger partial charge in [-0.25, -0.2) is 9.37 Å². The van der Waals surface area contributed by atoms with E-state index < -0.39 is 5.82 Å². The van der Waals surface area contributed by atoms with E-state index >= 15 is 0 Å². The number of halogens is 1. The molecular formula is C21H20FN3O2. The second kappa shape index (κ2) is 8.80. The Balaban J connectivity index is 1.50. The van der Waals surface area contributed by atoms with Crippen molar-refractivity contribution in [1.82, 2.24) is 14.9 Å². The molecule has 0 aliphatic carbocycles. The number of aromatic nitrogens is 2. The standard InChI is InChI=1S/C21H20FN3O2/c1-27-20-8-6-16(12-19(20)22)7-9-21(26)24-13-17-2-4-18(5-3-17)14-25-11-10-23-15-25/h2-12,15H,13-14H2,1H3,(H,24,26)/b9-7+. The second-order valence-electron chi connectivity index (χ2n) is 6.00. The van der Waals surface area contributed by atoms with E-state index in [9.17, 15) is 9.18 Å². The van der Waals surface area contributed by atoms with Gasteiger partial charge in [0.2, 0.25) is 5.91 Å². The van der Waals surface area contributed by atoms with Crippen LogP contribution in [0.1, 0.15) is 16.7 Å². The van der Waals surface area contributed by atoms with E-state index in [1.807, 2.05) is 35.0 Å². The van der Waals surface area contributed by atoms with E-state index in [1.54, 1.807) is 24.7 Å². The molecule has 0 saturated heterocycles. The predicted octanol–water partition coefficient (Wildman–Crippen LogP) is 3.41. The van der Waals surface area contributed by atoms with Crippen LogP contribution in [-0.4, -0.2) is 22.6 Å². The van der Waals surface area contributed by atoms with Crippen molar-refractivity contribution in [2.75, 3.05) is 7.11 Å². The van der Waals surface area contributed by atoms with E-state index in [2.05, 4.69) is 10.3 Å². The normalized spacial score (nSPS) is 10.9. The zero-order valence-electron chi connectivity index (χ0n) is 14.9. The Morgan fingerprint density at radius 3 is 2.67 bits per heavy atom. The van der Waals surface area contributed by atoms with Gasteiger partial charge in [-0.3, -0.25) is 4.79 Å². The Labute approximate surface area is 157 Å². The lowest BCUT2D eigenvalue weighted by molar-refractivity contribution is -0.116. The Bertz CT molecular complexity index is 919. The zero-order valence-corrected chi connectivity index (χ0v) is 14.9. The van der Waals surface area contributed by atoms with Gasteiger partial charge < -0.3 is 14.6 Å². The second-order valence-corrected chi connectivity index (χ2v) is 6.00. The van der Waals surface area contributed by atoms with Gasteiger partial charge in [-0.15, -0.1) is 0 Å². The average Bonchev–Trinajstić information content (AvgIpc) is 3.19. The molecule has 0 spiro atoms. The number of imidazole rings is 1. The molecule has 1 heterocycles. The van der Waals surface area contributed by atoms with Crippen molar-refractivity contribution in [3.63, 3.8) is 0 Å². The Hall–Kier alpha value is -3.41. The maximum Gasteiger partial charge on any atom is 0.244 e. The zero-order chi connectivity index (χ0) is 19.1. The van der Waals surface area contributed by atoms with Crippen LogP contribution >= 0.6 is 0 Å². The molecule has 0 fully saturated rings. The summed E-state index contributed by atoms with van der Waals surface area (Å²) in [6.07, 6.45) is 8.38. The largest absolute Gasteiger partial charge is 0.494 e. The van der Waals surface area contributed by atoms with Gasteiger partial charge in [0.05, 0.1) is 13.4 Å².